The SMILES string of the molecule is CCn1ncc(Cl)c1C(O)c1ccc(Cl)cc1C. The van der Waals surface area contributed by atoms with Crippen molar-refractivity contribution in [3.8, 4) is 0 Å². The number of halogens is 2. The van der Waals surface area contributed by atoms with Crippen LogP contribution in [0.15, 0.2) is 24.4 Å². The monoisotopic (exact) mass is 284 g/mol. The van der Waals surface area contributed by atoms with Gasteiger partial charge in [-0.25, -0.2) is 0 Å². The van der Waals surface area contributed by atoms with Gasteiger partial charge in [-0.1, -0.05) is 29.3 Å². The predicted octanol–water partition coefficient (Wildman–Crippen LogP) is 3.60. The Kier molecular flexibility index (Phi) is 3.95. The molecular weight excluding hydrogens is 271 g/mol. The highest BCUT2D eigenvalue weighted by Crippen LogP contribution is 2.30. The Morgan fingerprint density at radius 1 is 1.39 bits per heavy atom. The van der Waals surface area contributed by atoms with Crippen LogP contribution in [0.25, 0.3) is 0 Å². The molecule has 0 saturated carbocycles. The largest absolute Gasteiger partial charge is 0.382 e. The predicted molar refractivity (Wildman–Crippen MR) is 73.2 cm³/mol. The second-order valence-electron chi connectivity index (χ2n) is 4.10. The van der Waals surface area contributed by atoms with Crippen LogP contribution in [0.5, 0.6) is 0 Å². The zero-order valence-corrected chi connectivity index (χ0v) is 11.7. The number of aliphatic hydroxyl groups is 1. The Morgan fingerprint density at radius 3 is 2.72 bits per heavy atom. The summed E-state index contributed by atoms with van der Waals surface area (Å²) >= 11 is 12.0. The normalized spacial score (nSPS) is 12.7. The fourth-order valence-corrected chi connectivity index (χ4v) is 2.46. The minimum Gasteiger partial charge on any atom is -0.382 e. The van der Waals surface area contributed by atoms with Crippen LogP contribution < -0.4 is 0 Å². The number of hydrogen-bond acceptors (Lipinski definition) is 2. The van der Waals surface area contributed by atoms with Gasteiger partial charge >= 0.3 is 0 Å². The first kappa shape index (κ1) is 13.4. The van der Waals surface area contributed by atoms with E-state index < -0.39 is 6.10 Å². The van der Waals surface area contributed by atoms with Crippen molar-refractivity contribution in [2.75, 3.05) is 0 Å². The lowest BCUT2D eigenvalue weighted by Gasteiger charge is -2.16. The topological polar surface area (TPSA) is 38.0 Å². The van der Waals surface area contributed by atoms with Gasteiger partial charge in [-0.2, -0.15) is 5.10 Å². The summed E-state index contributed by atoms with van der Waals surface area (Å²) in [5, 5.41) is 15.7. The first-order chi connectivity index (χ1) is 8.54. The molecule has 1 aromatic heterocycles. The van der Waals surface area contributed by atoms with E-state index in [-0.39, 0.29) is 0 Å². The van der Waals surface area contributed by atoms with Crippen molar-refractivity contribution in [3.63, 3.8) is 0 Å². The molecular formula is C13H14Cl2N2O. The summed E-state index contributed by atoms with van der Waals surface area (Å²) in [5.41, 5.74) is 2.33. The van der Waals surface area contributed by atoms with Crippen LogP contribution in [0.3, 0.4) is 0 Å². The molecule has 1 unspecified atom stereocenters. The molecule has 2 aromatic rings. The van der Waals surface area contributed by atoms with E-state index in [9.17, 15) is 5.11 Å². The van der Waals surface area contributed by atoms with Crippen molar-refractivity contribution in [2.45, 2.75) is 26.5 Å². The number of aliphatic hydroxyl groups excluding tert-OH is 1. The minimum atomic E-state index is -0.794. The van der Waals surface area contributed by atoms with Gasteiger partial charge in [0.05, 0.1) is 16.9 Å². The standard InChI is InChI=1S/C13H14Cl2N2O/c1-3-17-12(11(15)7-16-17)13(18)10-5-4-9(14)6-8(10)2/h4-7,13,18H,3H2,1-2H3. The van der Waals surface area contributed by atoms with E-state index in [1.807, 2.05) is 26.0 Å². The van der Waals surface area contributed by atoms with Crippen LogP contribution in [-0.4, -0.2) is 14.9 Å². The molecule has 1 heterocycles. The van der Waals surface area contributed by atoms with Crippen molar-refractivity contribution in [2.24, 2.45) is 0 Å². The summed E-state index contributed by atoms with van der Waals surface area (Å²) in [4.78, 5) is 0. The second kappa shape index (κ2) is 5.31. The van der Waals surface area contributed by atoms with Crippen molar-refractivity contribution in [1.82, 2.24) is 9.78 Å². The van der Waals surface area contributed by atoms with E-state index in [0.717, 1.165) is 11.1 Å². The molecule has 0 amide bonds. The molecule has 5 heteroatoms. The van der Waals surface area contributed by atoms with Crippen LogP contribution in [0.4, 0.5) is 0 Å². The molecule has 0 bridgehead atoms. The molecule has 18 heavy (non-hydrogen) atoms. The maximum atomic E-state index is 10.5. The number of benzene rings is 1. The van der Waals surface area contributed by atoms with Gasteiger partial charge < -0.3 is 5.11 Å². The van der Waals surface area contributed by atoms with Crippen molar-refractivity contribution in [3.05, 3.63) is 51.3 Å². The van der Waals surface area contributed by atoms with E-state index >= 15 is 0 Å². The highest BCUT2D eigenvalue weighted by Gasteiger charge is 2.20. The van der Waals surface area contributed by atoms with Gasteiger partial charge in [0.1, 0.15) is 6.10 Å². The fraction of sp³-hybridized carbons (Fsp3) is 0.308. The van der Waals surface area contributed by atoms with E-state index in [0.29, 0.717) is 22.3 Å². The molecule has 0 radical (unpaired) electrons. The Morgan fingerprint density at radius 2 is 2.11 bits per heavy atom. The number of aromatic nitrogens is 2. The van der Waals surface area contributed by atoms with E-state index in [4.69, 9.17) is 23.2 Å². The van der Waals surface area contributed by atoms with Gasteiger partial charge in [0.15, 0.2) is 0 Å². The molecule has 96 valence electrons. The van der Waals surface area contributed by atoms with Crippen molar-refractivity contribution < 1.29 is 5.11 Å². The quantitative estimate of drug-likeness (QED) is 0.935. The smallest absolute Gasteiger partial charge is 0.122 e. The average molecular weight is 285 g/mol. The van der Waals surface area contributed by atoms with Gasteiger partial charge in [0.2, 0.25) is 0 Å². The Hall–Kier alpha value is -1.03. The molecule has 3 nitrogen and oxygen atoms in total. The van der Waals surface area contributed by atoms with E-state index in [1.165, 1.54) is 0 Å². The lowest BCUT2D eigenvalue weighted by molar-refractivity contribution is 0.207. The number of nitrogens with zero attached hydrogens (tertiary/aromatic N) is 2. The summed E-state index contributed by atoms with van der Waals surface area (Å²) in [7, 11) is 0. The highest BCUT2D eigenvalue weighted by molar-refractivity contribution is 6.31. The first-order valence-corrected chi connectivity index (χ1v) is 6.45. The Labute approximate surface area is 116 Å². The third-order valence-corrected chi connectivity index (χ3v) is 3.44. The van der Waals surface area contributed by atoms with Crippen molar-refractivity contribution >= 4 is 23.2 Å². The zero-order valence-electron chi connectivity index (χ0n) is 10.2. The van der Waals surface area contributed by atoms with E-state index in [1.54, 1.807) is 16.9 Å². The lowest BCUT2D eigenvalue weighted by atomic mass is 10.0. The van der Waals surface area contributed by atoms with Gasteiger partial charge in [0, 0.05) is 11.6 Å². The van der Waals surface area contributed by atoms with E-state index in [2.05, 4.69) is 5.10 Å². The molecule has 1 aromatic carbocycles. The molecule has 0 aliphatic rings. The third kappa shape index (κ3) is 2.39. The first-order valence-electron chi connectivity index (χ1n) is 5.70. The van der Waals surface area contributed by atoms with Crippen LogP contribution in [0, 0.1) is 6.92 Å². The van der Waals surface area contributed by atoms with Gasteiger partial charge in [-0.15, -0.1) is 0 Å². The second-order valence-corrected chi connectivity index (χ2v) is 4.94. The van der Waals surface area contributed by atoms with Gasteiger partial charge in [-0.05, 0) is 37.1 Å². The highest BCUT2D eigenvalue weighted by atomic mass is 35.5. The Balaban J connectivity index is 2.47. The maximum absolute atomic E-state index is 10.5. The summed E-state index contributed by atoms with van der Waals surface area (Å²) in [6.07, 6.45) is 0.756. The number of hydrogen-bond donors (Lipinski definition) is 1. The van der Waals surface area contributed by atoms with Crippen LogP contribution in [-0.2, 0) is 6.54 Å². The van der Waals surface area contributed by atoms with Crippen LogP contribution in [0.2, 0.25) is 10.0 Å². The van der Waals surface area contributed by atoms with Crippen LogP contribution in [0.1, 0.15) is 29.8 Å². The average Bonchev–Trinajstić information content (AvgIpc) is 2.69. The van der Waals surface area contributed by atoms with Crippen LogP contribution >= 0.6 is 23.2 Å². The molecule has 0 spiro atoms. The number of rotatable bonds is 3. The fourth-order valence-electron chi connectivity index (χ4n) is 1.99. The molecule has 0 aliphatic heterocycles. The molecule has 0 saturated heterocycles. The lowest BCUT2D eigenvalue weighted by Crippen LogP contribution is -2.10. The minimum absolute atomic E-state index is 0.471. The summed E-state index contributed by atoms with van der Waals surface area (Å²) in [6.45, 7) is 4.52. The van der Waals surface area contributed by atoms with Gasteiger partial charge in [-0.3, -0.25) is 4.68 Å². The zero-order chi connectivity index (χ0) is 13.3. The molecule has 1 atom stereocenters. The summed E-state index contributed by atoms with van der Waals surface area (Å²) in [6, 6.07) is 5.39. The molecule has 2 rings (SSSR count). The van der Waals surface area contributed by atoms with Crippen molar-refractivity contribution in [1.29, 1.82) is 0 Å². The summed E-state index contributed by atoms with van der Waals surface area (Å²) < 4.78 is 1.70. The summed E-state index contributed by atoms with van der Waals surface area (Å²) in [5.74, 6) is 0. The molecule has 0 aliphatic carbocycles. The Bertz CT molecular complexity index is 566. The molecule has 0 fully saturated rings. The number of aryl methyl sites for hydroxylation is 2. The van der Waals surface area contributed by atoms with Gasteiger partial charge in [0.25, 0.3) is 0 Å². The third-order valence-electron chi connectivity index (χ3n) is 2.92. The maximum Gasteiger partial charge on any atom is 0.122 e. The molecule has 1 N–H and O–H groups in total.